The molecule has 0 unspecified atom stereocenters. The van der Waals surface area contributed by atoms with Gasteiger partial charge in [-0.15, -0.1) is 0 Å². The summed E-state index contributed by atoms with van der Waals surface area (Å²) in [5.74, 6) is -0.363. The van der Waals surface area contributed by atoms with Crippen LogP contribution in [0.1, 0.15) is 38.3 Å². The lowest BCUT2D eigenvalue weighted by molar-refractivity contribution is -0.121. The highest BCUT2D eigenvalue weighted by atomic mass is 35.5. The normalized spacial score (nSPS) is 20.3. The van der Waals surface area contributed by atoms with Crippen molar-refractivity contribution in [3.05, 3.63) is 34.6 Å². The zero-order valence-corrected chi connectivity index (χ0v) is 14.4. The molecule has 0 aromatic heterocycles. The fourth-order valence-electron chi connectivity index (χ4n) is 2.90. The topological polar surface area (TPSA) is 41.6 Å². The average molecular weight is 343 g/mol. The lowest BCUT2D eigenvalue weighted by Gasteiger charge is -2.38. The number of halogens is 2. The molecular weight excluding hydrogens is 319 g/mol. The number of hydrogen-bond donors (Lipinski definition) is 1. The van der Waals surface area contributed by atoms with Crippen molar-refractivity contribution in [1.82, 2.24) is 10.2 Å². The Morgan fingerprint density at radius 1 is 1.57 bits per heavy atom. The summed E-state index contributed by atoms with van der Waals surface area (Å²) in [5, 5.41) is 3.29. The minimum Gasteiger partial charge on any atom is -0.376 e. The van der Waals surface area contributed by atoms with E-state index in [0.29, 0.717) is 43.2 Å². The molecule has 1 aromatic carbocycles. The van der Waals surface area contributed by atoms with Gasteiger partial charge in [-0.3, -0.25) is 9.69 Å². The monoisotopic (exact) mass is 342 g/mol. The fourth-order valence-corrected chi connectivity index (χ4v) is 3.19. The largest absolute Gasteiger partial charge is 0.376 e. The third kappa shape index (κ3) is 4.90. The average Bonchev–Trinajstić information content (AvgIpc) is 2.50. The molecule has 0 bridgehead atoms. The van der Waals surface area contributed by atoms with Crippen LogP contribution < -0.4 is 5.32 Å². The first kappa shape index (κ1) is 18.2. The van der Waals surface area contributed by atoms with Crippen LogP contribution >= 0.6 is 11.6 Å². The van der Waals surface area contributed by atoms with Crippen LogP contribution in [-0.4, -0.2) is 43.2 Å². The molecule has 128 valence electrons. The molecule has 0 spiro atoms. The first-order valence-corrected chi connectivity index (χ1v) is 8.47. The molecule has 1 heterocycles. The molecule has 1 amide bonds. The first-order chi connectivity index (χ1) is 11.0. The van der Waals surface area contributed by atoms with E-state index in [-0.39, 0.29) is 23.9 Å². The van der Waals surface area contributed by atoms with Gasteiger partial charge >= 0.3 is 0 Å². The molecule has 1 aliphatic heterocycles. The van der Waals surface area contributed by atoms with Crippen molar-refractivity contribution in [3.63, 3.8) is 0 Å². The zero-order chi connectivity index (χ0) is 16.8. The van der Waals surface area contributed by atoms with Crippen molar-refractivity contribution in [2.75, 3.05) is 26.2 Å². The summed E-state index contributed by atoms with van der Waals surface area (Å²) in [7, 11) is 0. The van der Waals surface area contributed by atoms with Gasteiger partial charge < -0.3 is 10.1 Å². The van der Waals surface area contributed by atoms with E-state index < -0.39 is 0 Å². The molecule has 1 aliphatic rings. The van der Waals surface area contributed by atoms with Gasteiger partial charge in [0.2, 0.25) is 5.91 Å². The van der Waals surface area contributed by atoms with E-state index in [1.165, 1.54) is 6.07 Å². The maximum Gasteiger partial charge on any atom is 0.220 e. The summed E-state index contributed by atoms with van der Waals surface area (Å²) in [5.41, 5.74) is 0.445. The van der Waals surface area contributed by atoms with E-state index in [9.17, 15) is 9.18 Å². The van der Waals surface area contributed by atoms with E-state index in [4.69, 9.17) is 16.3 Å². The smallest absolute Gasteiger partial charge is 0.220 e. The van der Waals surface area contributed by atoms with E-state index in [1.807, 2.05) is 13.8 Å². The number of amides is 1. The number of rotatable bonds is 6. The van der Waals surface area contributed by atoms with Crippen LogP contribution in [0.15, 0.2) is 18.2 Å². The number of morpholine rings is 1. The molecular formula is C17H24ClFN2O2. The van der Waals surface area contributed by atoms with Gasteiger partial charge in [0, 0.05) is 36.6 Å². The van der Waals surface area contributed by atoms with Crippen LogP contribution in [0.2, 0.25) is 5.02 Å². The highest BCUT2D eigenvalue weighted by molar-refractivity contribution is 6.31. The Bertz CT molecular complexity index is 521. The molecule has 1 aromatic rings. The predicted molar refractivity (Wildman–Crippen MR) is 89.1 cm³/mol. The SMILES string of the molecule is CCCC(=O)NC[C@@H](c1c(F)cccc1Cl)N1CCO[C@@H](C)C1. The van der Waals surface area contributed by atoms with Crippen LogP contribution in [0.4, 0.5) is 4.39 Å². The van der Waals surface area contributed by atoms with Gasteiger partial charge in [0.15, 0.2) is 0 Å². The molecule has 2 rings (SSSR count). The maximum atomic E-state index is 14.4. The molecule has 2 atom stereocenters. The molecule has 1 N–H and O–H groups in total. The summed E-state index contributed by atoms with van der Waals surface area (Å²) in [4.78, 5) is 13.9. The summed E-state index contributed by atoms with van der Waals surface area (Å²) in [6, 6.07) is 4.39. The lowest BCUT2D eigenvalue weighted by Crippen LogP contribution is -2.46. The van der Waals surface area contributed by atoms with E-state index in [0.717, 1.165) is 6.42 Å². The van der Waals surface area contributed by atoms with Gasteiger partial charge in [-0.05, 0) is 25.5 Å². The minimum atomic E-state index is -0.341. The van der Waals surface area contributed by atoms with E-state index in [2.05, 4.69) is 10.2 Å². The highest BCUT2D eigenvalue weighted by Gasteiger charge is 2.29. The molecule has 1 fully saturated rings. The number of carbonyl (C=O) groups is 1. The lowest BCUT2D eigenvalue weighted by atomic mass is 10.0. The second-order valence-electron chi connectivity index (χ2n) is 5.88. The Balaban J connectivity index is 2.22. The van der Waals surface area contributed by atoms with E-state index in [1.54, 1.807) is 12.1 Å². The molecule has 4 nitrogen and oxygen atoms in total. The number of hydrogen-bond acceptors (Lipinski definition) is 3. The van der Waals surface area contributed by atoms with E-state index >= 15 is 0 Å². The van der Waals surface area contributed by atoms with Crippen molar-refractivity contribution in [2.24, 2.45) is 0 Å². The Morgan fingerprint density at radius 3 is 3.00 bits per heavy atom. The molecule has 23 heavy (non-hydrogen) atoms. The maximum absolute atomic E-state index is 14.4. The van der Waals surface area contributed by atoms with Crippen molar-refractivity contribution >= 4 is 17.5 Å². The van der Waals surface area contributed by atoms with Crippen LogP contribution in [-0.2, 0) is 9.53 Å². The predicted octanol–water partition coefficient (Wildman–Crippen LogP) is 3.16. The zero-order valence-electron chi connectivity index (χ0n) is 13.6. The Labute approximate surface area is 141 Å². The van der Waals surface area contributed by atoms with Crippen LogP contribution in [0.25, 0.3) is 0 Å². The molecule has 0 saturated carbocycles. The molecule has 6 heteroatoms. The van der Waals surface area contributed by atoms with Gasteiger partial charge in [-0.2, -0.15) is 0 Å². The Kier molecular flexibility index (Phi) is 6.81. The standard InChI is InChI=1S/C17H24ClFN2O2/c1-3-5-16(22)20-10-15(21-8-9-23-12(2)11-21)17-13(18)6-4-7-14(17)19/h4,6-7,12,15H,3,5,8-11H2,1-2H3,(H,20,22)/t12-,15-/m0/s1. The van der Waals surface area contributed by atoms with Gasteiger partial charge in [-0.1, -0.05) is 24.6 Å². The summed E-state index contributed by atoms with van der Waals surface area (Å²) >= 11 is 6.25. The van der Waals surface area contributed by atoms with Crippen LogP contribution in [0, 0.1) is 5.82 Å². The molecule has 0 radical (unpaired) electrons. The molecule has 1 saturated heterocycles. The van der Waals surface area contributed by atoms with Gasteiger partial charge in [-0.25, -0.2) is 4.39 Å². The summed E-state index contributed by atoms with van der Waals surface area (Å²) in [6.45, 7) is 6.23. The fraction of sp³-hybridized carbons (Fsp3) is 0.588. The number of nitrogens with one attached hydrogen (secondary N) is 1. The summed E-state index contributed by atoms with van der Waals surface area (Å²) < 4.78 is 19.9. The quantitative estimate of drug-likeness (QED) is 0.863. The van der Waals surface area contributed by atoms with Gasteiger partial charge in [0.05, 0.1) is 18.8 Å². The van der Waals surface area contributed by atoms with Crippen molar-refractivity contribution < 1.29 is 13.9 Å². The number of benzene rings is 1. The van der Waals surface area contributed by atoms with Crippen LogP contribution in [0.5, 0.6) is 0 Å². The van der Waals surface area contributed by atoms with Gasteiger partial charge in [0.1, 0.15) is 5.82 Å². The second-order valence-corrected chi connectivity index (χ2v) is 6.29. The van der Waals surface area contributed by atoms with Crippen LogP contribution in [0.3, 0.4) is 0 Å². The second kappa shape index (κ2) is 8.62. The van der Waals surface area contributed by atoms with Crippen molar-refractivity contribution in [2.45, 2.75) is 38.8 Å². The Morgan fingerprint density at radius 2 is 2.35 bits per heavy atom. The minimum absolute atomic E-state index is 0.0220. The summed E-state index contributed by atoms with van der Waals surface area (Å²) in [6.07, 6.45) is 1.33. The highest BCUT2D eigenvalue weighted by Crippen LogP contribution is 2.31. The Hall–Kier alpha value is -1.17. The van der Waals surface area contributed by atoms with Crippen molar-refractivity contribution in [1.29, 1.82) is 0 Å². The van der Waals surface area contributed by atoms with Crippen molar-refractivity contribution in [3.8, 4) is 0 Å². The third-order valence-corrected chi connectivity index (χ3v) is 4.35. The number of nitrogens with zero attached hydrogens (tertiary/aromatic N) is 1. The van der Waals surface area contributed by atoms with Gasteiger partial charge in [0.25, 0.3) is 0 Å². The number of carbonyl (C=O) groups excluding carboxylic acids is 1. The first-order valence-electron chi connectivity index (χ1n) is 8.09. The molecule has 0 aliphatic carbocycles. The third-order valence-electron chi connectivity index (χ3n) is 4.02. The number of ether oxygens (including phenoxy) is 1.